The third-order valence-electron chi connectivity index (χ3n) is 4.90. The average Bonchev–Trinajstić information content (AvgIpc) is 3.16. The summed E-state index contributed by atoms with van der Waals surface area (Å²) in [6.45, 7) is 7.08. The van der Waals surface area contributed by atoms with E-state index in [4.69, 9.17) is 9.84 Å². The molecule has 1 heterocycles. The molecule has 3 aromatic rings. The van der Waals surface area contributed by atoms with Gasteiger partial charge >= 0.3 is 0 Å². The van der Waals surface area contributed by atoms with Crippen LogP contribution in [0.25, 0.3) is 16.7 Å². The Morgan fingerprint density at radius 3 is 2.42 bits per heavy atom. The van der Waals surface area contributed by atoms with Gasteiger partial charge in [-0.3, -0.25) is 4.79 Å². The van der Waals surface area contributed by atoms with E-state index in [1.165, 1.54) is 4.80 Å². The summed E-state index contributed by atoms with van der Waals surface area (Å²) in [5.41, 5.74) is 3.38. The zero-order chi connectivity index (χ0) is 22.4. The lowest BCUT2D eigenvalue weighted by molar-refractivity contribution is -0.121. The van der Waals surface area contributed by atoms with E-state index in [9.17, 15) is 9.90 Å². The van der Waals surface area contributed by atoms with E-state index in [1.807, 2.05) is 57.2 Å². The van der Waals surface area contributed by atoms with E-state index in [0.717, 1.165) is 22.2 Å². The molecule has 0 unspecified atom stereocenters. The van der Waals surface area contributed by atoms with Gasteiger partial charge in [0, 0.05) is 18.5 Å². The molecule has 2 aromatic carbocycles. The Morgan fingerprint density at radius 1 is 1.13 bits per heavy atom. The lowest BCUT2D eigenvalue weighted by Crippen LogP contribution is -2.27. The SMILES string of the molecule is CC(C)(C)c1cc(CCC(=O)NCCOCCO)cc(-n2nc3ccccc3n2)c1O. The van der Waals surface area contributed by atoms with Crippen molar-refractivity contribution in [3.05, 3.63) is 47.5 Å². The van der Waals surface area contributed by atoms with Gasteiger partial charge in [-0.15, -0.1) is 15.0 Å². The molecule has 8 nitrogen and oxygen atoms in total. The molecule has 3 rings (SSSR count). The highest BCUT2D eigenvalue weighted by atomic mass is 16.5. The van der Waals surface area contributed by atoms with Gasteiger partial charge in [-0.1, -0.05) is 39.0 Å². The Morgan fingerprint density at radius 2 is 1.81 bits per heavy atom. The summed E-state index contributed by atoms with van der Waals surface area (Å²) in [4.78, 5) is 13.6. The Hall–Kier alpha value is -2.97. The van der Waals surface area contributed by atoms with Crippen LogP contribution >= 0.6 is 0 Å². The molecule has 3 N–H and O–H groups in total. The van der Waals surface area contributed by atoms with Crippen LogP contribution in [0.2, 0.25) is 0 Å². The number of aromatic hydroxyl groups is 1. The number of phenolic OH excluding ortho intramolecular Hbond substituents is 1. The number of fused-ring (bicyclic) bond motifs is 1. The summed E-state index contributed by atoms with van der Waals surface area (Å²) in [5.74, 6) is 0.0597. The first-order valence-corrected chi connectivity index (χ1v) is 10.4. The number of ether oxygens (including phenoxy) is 1. The van der Waals surface area contributed by atoms with Gasteiger partial charge in [-0.2, -0.15) is 0 Å². The normalized spacial score (nSPS) is 11.7. The van der Waals surface area contributed by atoms with Crippen molar-refractivity contribution in [2.24, 2.45) is 0 Å². The van der Waals surface area contributed by atoms with Crippen LogP contribution in [0.3, 0.4) is 0 Å². The molecule has 1 aromatic heterocycles. The fourth-order valence-electron chi connectivity index (χ4n) is 3.29. The summed E-state index contributed by atoms with van der Waals surface area (Å²) in [6.07, 6.45) is 0.822. The first kappa shape index (κ1) is 22.7. The lowest BCUT2D eigenvalue weighted by atomic mass is 9.84. The number of hydrogen-bond acceptors (Lipinski definition) is 6. The third kappa shape index (κ3) is 5.80. The maximum absolute atomic E-state index is 12.2. The minimum absolute atomic E-state index is 0.0338. The standard InChI is InChI=1S/C23H30N4O4/c1-23(2,3)17-14-16(8-9-21(29)24-10-12-31-13-11-28)15-20(22(17)30)27-25-18-6-4-5-7-19(18)26-27/h4-7,14-15,28,30H,8-13H2,1-3H3,(H,24,29). The highest BCUT2D eigenvalue weighted by molar-refractivity contribution is 5.76. The predicted molar refractivity (Wildman–Crippen MR) is 118 cm³/mol. The third-order valence-corrected chi connectivity index (χ3v) is 4.90. The van der Waals surface area contributed by atoms with Gasteiger partial charge in [0.15, 0.2) is 0 Å². The molecule has 31 heavy (non-hydrogen) atoms. The van der Waals surface area contributed by atoms with E-state index in [1.54, 1.807) is 0 Å². The zero-order valence-electron chi connectivity index (χ0n) is 18.3. The Labute approximate surface area is 181 Å². The van der Waals surface area contributed by atoms with Gasteiger partial charge in [0.1, 0.15) is 22.5 Å². The van der Waals surface area contributed by atoms with Gasteiger partial charge in [0.2, 0.25) is 5.91 Å². The monoisotopic (exact) mass is 426 g/mol. The number of aromatic nitrogens is 3. The maximum atomic E-state index is 12.2. The molecule has 0 aliphatic rings. The smallest absolute Gasteiger partial charge is 0.220 e. The largest absolute Gasteiger partial charge is 0.505 e. The minimum atomic E-state index is -0.298. The van der Waals surface area contributed by atoms with Gasteiger partial charge < -0.3 is 20.3 Å². The quantitative estimate of drug-likeness (QED) is 0.454. The molecule has 0 saturated heterocycles. The number of carbonyl (C=O) groups is 1. The summed E-state index contributed by atoms with van der Waals surface area (Å²) in [5, 5.41) is 31.5. The second kappa shape index (κ2) is 9.89. The number of carbonyl (C=O) groups excluding carboxylic acids is 1. The van der Waals surface area contributed by atoms with E-state index in [0.29, 0.717) is 31.7 Å². The van der Waals surface area contributed by atoms with Gasteiger partial charge in [0.25, 0.3) is 0 Å². The Kier molecular flexibility index (Phi) is 7.25. The fraction of sp³-hybridized carbons (Fsp3) is 0.435. The van der Waals surface area contributed by atoms with Crippen molar-refractivity contribution in [3.63, 3.8) is 0 Å². The first-order valence-electron chi connectivity index (χ1n) is 10.4. The Balaban J connectivity index is 1.81. The summed E-state index contributed by atoms with van der Waals surface area (Å²) >= 11 is 0. The topological polar surface area (TPSA) is 110 Å². The van der Waals surface area contributed by atoms with Crippen molar-refractivity contribution in [1.29, 1.82) is 0 Å². The summed E-state index contributed by atoms with van der Waals surface area (Å²) < 4.78 is 5.14. The highest BCUT2D eigenvalue weighted by Gasteiger charge is 2.23. The highest BCUT2D eigenvalue weighted by Crippen LogP contribution is 2.36. The van der Waals surface area contributed by atoms with Crippen molar-refractivity contribution in [3.8, 4) is 11.4 Å². The van der Waals surface area contributed by atoms with E-state index < -0.39 is 0 Å². The number of benzene rings is 2. The number of aliphatic hydroxyl groups excluding tert-OH is 1. The van der Waals surface area contributed by atoms with Crippen LogP contribution in [-0.4, -0.2) is 57.5 Å². The van der Waals surface area contributed by atoms with Crippen LogP contribution < -0.4 is 5.32 Å². The molecular weight excluding hydrogens is 396 g/mol. The van der Waals surface area contributed by atoms with E-state index in [2.05, 4.69) is 15.5 Å². The molecule has 1 amide bonds. The second-order valence-corrected chi connectivity index (χ2v) is 8.43. The number of phenols is 1. The molecule has 0 aliphatic heterocycles. The maximum Gasteiger partial charge on any atom is 0.220 e. The lowest BCUT2D eigenvalue weighted by Gasteiger charge is -2.23. The number of aliphatic hydroxyl groups is 1. The predicted octanol–water partition coefficient (Wildman–Crippen LogP) is 2.48. The van der Waals surface area contributed by atoms with Crippen LogP contribution in [0.15, 0.2) is 36.4 Å². The number of hydrogen-bond donors (Lipinski definition) is 3. The van der Waals surface area contributed by atoms with Crippen molar-refractivity contribution in [2.75, 3.05) is 26.4 Å². The molecule has 0 fully saturated rings. The number of amides is 1. The average molecular weight is 427 g/mol. The van der Waals surface area contributed by atoms with Crippen LogP contribution in [0.4, 0.5) is 0 Å². The van der Waals surface area contributed by atoms with E-state index >= 15 is 0 Å². The molecular formula is C23H30N4O4. The number of rotatable bonds is 9. The molecule has 0 bridgehead atoms. The van der Waals surface area contributed by atoms with Crippen LogP contribution in [0.1, 0.15) is 38.3 Å². The van der Waals surface area contributed by atoms with Gasteiger partial charge in [0.05, 0.1) is 19.8 Å². The van der Waals surface area contributed by atoms with Crippen molar-refractivity contribution in [1.82, 2.24) is 20.3 Å². The van der Waals surface area contributed by atoms with Crippen molar-refractivity contribution in [2.45, 2.75) is 39.0 Å². The summed E-state index contributed by atoms with van der Waals surface area (Å²) in [6, 6.07) is 11.3. The molecule has 0 spiro atoms. The molecule has 0 radical (unpaired) electrons. The molecule has 0 saturated carbocycles. The second-order valence-electron chi connectivity index (χ2n) is 8.43. The first-order chi connectivity index (χ1) is 14.8. The number of aryl methyl sites for hydroxylation is 1. The van der Waals surface area contributed by atoms with Gasteiger partial charge in [-0.25, -0.2) is 0 Å². The van der Waals surface area contributed by atoms with Crippen LogP contribution in [0.5, 0.6) is 5.75 Å². The van der Waals surface area contributed by atoms with Crippen LogP contribution in [0, 0.1) is 0 Å². The molecule has 0 aliphatic carbocycles. The van der Waals surface area contributed by atoms with Crippen molar-refractivity contribution < 1.29 is 19.7 Å². The number of nitrogens with one attached hydrogen (secondary N) is 1. The fourth-order valence-corrected chi connectivity index (χ4v) is 3.29. The molecule has 8 heteroatoms. The number of nitrogens with zero attached hydrogens (tertiary/aromatic N) is 3. The summed E-state index contributed by atoms with van der Waals surface area (Å²) in [7, 11) is 0. The van der Waals surface area contributed by atoms with Gasteiger partial charge in [-0.05, 0) is 35.6 Å². The van der Waals surface area contributed by atoms with Crippen LogP contribution in [-0.2, 0) is 21.4 Å². The molecule has 166 valence electrons. The van der Waals surface area contributed by atoms with Crippen molar-refractivity contribution >= 4 is 16.9 Å². The Bertz CT molecular complexity index is 1010. The minimum Gasteiger partial charge on any atom is -0.505 e. The zero-order valence-corrected chi connectivity index (χ0v) is 18.3. The van der Waals surface area contributed by atoms with E-state index in [-0.39, 0.29) is 30.3 Å². The molecule has 0 atom stereocenters.